The van der Waals surface area contributed by atoms with Gasteiger partial charge in [0.05, 0.1) is 6.07 Å². The smallest absolute Gasteiger partial charge is 0.219 e. The lowest BCUT2D eigenvalue weighted by Gasteiger charge is -2.37. The number of piperidine rings is 1. The molecule has 0 aliphatic carbocycles. The monoisotopic (exact) mass is 289 g/mol. The molecule has 0 unspecified atom stereocenters. The van der Waals surface area contributed by atoms with Crippen molar-refractivity contribution in [1.82, 2.24) is 10.2 Å². The fraction of sp³-hybridized carbons (Fsp3) is 0.500. The molecule has 1 saturated heterocycles. The standard InChI is InChI=1S/C16H20FN3O/c1-13(21)20-10-7-16(12-18,8-11-20)19-9-6-14-2-4-15(17)5-3-14/h2-5,19H,6-11H2,1H3. The summed E-state index contributed by atoms with van der Waals surface area (Å²) in [5.41, 5.74) is 0.490. The summed E-state index contributed by atoms with van der Waals surface area (Å²) in [6, 6.07) is 8.77. The molecule has 0 radical (unpaired) electrons. The van der Waals surface area contributed by atoms with Gasteiger partial charge in [0.25, 0.3) is 0 Å². The van der Waals surface area contributed by atoms with Gasteiger partial charge in [-0.2, -0.15) is 5.26 Å². The van der Waals surface area contributed by atoms with Crippen LogP contribution in [0.3, 0.4) is 0 Å². The minimum absolute atomic E-state index is 0.0628. The minimum atomic E-state index is -0.550. The maximum atomic E-state index is 12.8. The first-order chi connectivity index (χ1) is 10.0. The van der Waals surface area contributed by atoms with Gasteiger partial charge in [0.2, 0.25) is 5.91 Å². The Morgan fingerprint density at radius 2 is 2.00 bits per heavy atom. The lowest BCUT2D eigenvalue weighted by Crippen LogP contribution is -2.53. The van der Waals surface area contributed by atoms with E-state index < -0.39 is 5.54 Å². The number of carbonyl (C=O) groups is 1. The van der Waals surface area contributed by atoms with E-state index in [0.29, 0.717) is 32.5 Å². The summed E-state index contributed by atoms with van der Waals surface area (Å²) < 4.78 is 12.8. The highest BCUT2D eigenvalue weighted by Gasteiger charge is 2.34. The molecule has 0 atom stereocenters. The molecule has 4 nitrogen and oxygen atoms in total. The fourth-order valence-corrected chi connectivity index (χ4v) is 2.63. The van der Waals surface area contributed by atoms with Gasteiger partial charge in [0, 0.05) is 26.6 Å². The van der Waals surface area contributed by atoms with Crippen LogP contribution in [0.2, 0.25) is 0 Å². The Bertz CT molecular complexity index is 527. The van der Waals surface area contributed by atoms with Crippen molar-refractivity contribution in [2.75, 3.05) is 19.6 Å². The van der Waals surface area contributed by atoms with E-state index in [-0.39, 0.29) is 11.7 Å². The van der Waals surface area contributed by atoms with Crippen LogP contribution in [0.15, 0.2) is 24.3 Å². The molecule has 1 N–H and O–H groups in total. The Morgan fingerprint density at radius 1 is 1.38 bits per heavy atom. The van der Waals surface area contributed by atoms with E-state index in [1.54, 1.807) is 24.0 Å². The summed E-state index contributed by atoms with van der Waals surface area (Å²) in [7, 11) is 0. The zero-order chi connectivity index (χ0) is 15.3. The van der Waals surface area contributed by atoms with E-state index in [0.717, 1.165) is 12.0 Å². The zero-order valence-electron chi connectivity index (χ0n) is 12.2. The van der Waals surface area contributed by atoms with Crippen molar-refractivity contribution in [3.8, 4) is 6.07 Å². The Labute approximate surface area is 124 Å². The molecule has 21 heavy (non-hydrogen) atoms. The number of rotatable bonds is 4. The third-order valence-corrected chi connectivity index (χ3v) is 4.07. The number of nitriles is 1. The quantitative estimate of drug-likeness (QED) is 0.920. The van der Waals surface area contributed by atoms with Gasteiger partial charge >= 0.3 is 0 Å². The van der Waals surface area contributed by atoms with Crippen LogP contribution < -0.4 is 5.32 Å². The normalized spacial score (nSPS) is 17.3. The second-order valence-electron chi connectivity index (χ2n) is 5.50. The number of hydrogen-bond acceptors (Lipinski definition) is 3. The fourth-order valence-electron chi connectivity index (χ4n) is 2.63. The van der Waals surface area contributed by atoms with E-state index >= 15 is 0 Å². The molecule has 0 bridgehead atoms. The first kappa shape index (κ1) is 15.5. The number of nitrogens with zero attached hydrogens (tertiary/aromatic N) is 2. The number of carbonyl (C=O) groups excluding carboxylic acids is 1. The molecule has 112 valence electrons. The van der Waals surface area contributed by atoms with Crippen LogP contribution in [0.5, 0.6) is 0 Å². The van der Waals surface area contributed by atoms with Crippen molar-refractivity contribution in [2.45, 2.75) is 31.7 Å². The maximum absolute atomic E-state index is 12.8. The molecule has 1 fully saturated rings. The van der Waals surface area contributed by atoms with E-state index in [2.05, 4.69) is 11.4 Å². The van der Waals surface area contributed by atoms with E-state index in [4.69, 9.17) is 0 Å². The molecule has 1 aliphatic rings. The summed E-state index contributed by atoms with van der Waals surface area (Å²) in [4.78, 5) is 13.1. The van der Waals surface area contributed by atoms with E-state index in [9.17, 15) is 14.4 Å². The lowest BCUT2D eigenvalue weighted by atomic mass is 9.88. The van der Waals surface area contributed by atoms with Gasteiger partial charge in [-0.3, -0.25) is 10.1 Å². The van der Waals surface area contributed by atoms with Gasteiger partial charge in [-0.25, -0.2) is 4.39 Å². The molecule has 0 aromatic heterocycles. The number of amides is 1. The topological polar surface area (TPSA) is 56.1 Å². The second-order valence-corrected chi connectivity index (χ2v) is 5.50. The molecule has 1 aromatic rings. The van der Waals surface area contributed by atoms with Crippen LogP contribution >= 0.6 is 0 Å². The Morgan fingerprint density at radius 3 is 2.52 bits per heavy atom. The molecule has 5 heteroatoms. The lowest BCUT2D eigenvalue weighted by molar-refractivity contribution is -0.130. The van der Waals surface area contributed by atoms with Gasteiger partial charge in [-0.1, -0.05) is 12.1 Å². The molecule has 0 spiro atoms. The number of hydrogen-bond donors (Lipinski definition) is 1. The van der Waals surface area contributed by atoms with Crippen molar-refractivity contribution in [1.29, 1.82) is 5.26 Å². The van der Waals surface area contributed by atoms with Gasteiger partial charge in [-0.05, 0) is 37.0 Å². The highest BCUT2D eigenvalue weighted by atomic mass is 19.1. The summed E-state index contributed by atoms with van der Waals surface area (Å²) in [6.07, 6.45) is 2.04. The van der Waals surface area contributed by atoms with E-state index in [1.165, 1.54) is 12.1 Å². The van der Waals surface area contributed by atoms with Crippen LogP contribution in [0, 0.1) is 17.1 Å². The SMILES string of the molecule is CC(=O)N1CCC(C#N)(NCCc2ccc(F)cc2)CC1. The van der Waals surface area contributed by atoms with Gasteiger partial charge < -0.3 is 4.90 Å². The molecule has 2 rings (SSSR count). The first-order valence-corrected chi connectivity index (χ1v) is 7.21. The summed E-state index contributed by atoms with van der Waals surface area (Å²) in [6.45, 7) is 3.46. The number of benzene rings is 1. The van der Waals surface area contributed by atoms with Crippen LogP contribution in [0.25, 0.3) is 0 Å². The average Bonchev–Trinajstić information content (AvgIpc) is 2.50. The van der Waals surface area contributed by atoms with Crippen molar-refractivity contribution < 1.29 is 9.18 Å². The highest BCUT2D eigenvalue weighted by Crippen LogP contribution is 2.21. The second kappa shape index (κ2) is 6.68. The molecule has 1 aromatic carbocycles. The predicted octanol–water partition coefficient (Wildman–Crippen LogP) is 1.86. The highest BCUT2D eigenvalue weighted by molar-refractivity contribution is 5.73. The van der Waals surface area contributed by atoms with Crippen molar-refractivity contribution >= 4 is 5.91 Å². The summed E-state index contributed by atoms with van der Waals surface area (Å²) in [5.74, 6) is -0.176. The van der Waals surface area contributed by atoms with Crippen molar-refractivity contribution in [2.24, 2.45) is 0 Å². The maximum Gasteiger partial charge on any atom is 0.219 e. The predicted molar refractivity (Wildman–Crippen MR) is 77.9 cm³/mol. The Balaban J connectivity index is 1.84. The van der Waals surface area contributed by atoms with Crippen LogP contribution in [-0.2, 0) is 11.2 Å². The molecular formula is C16H20FN3O. The zero-order valence-corrected chi connectivity index (χ0v) is 12.2. The molecule has 1 heterocycles. The van der Waals surface area contributed by atoms with Crippen LogP contribution in [0.1, 0.15) is 25.3 Å². The summed E-state index contributed by atoms with van der Waals surface area (Å²) in [5, 5.41) is 12.7. The van der Waals surface area contributed by atoms with Gasteiger partial charge in [0.15, 0.2) is 0 Å². The molecule has 1 amide bonds. The van der Waals surface area contributed by atoms with Crippen molar-refractivity contribution in [3.05, 3.63) is 35.6 Å². The number of nitrogens with one attached hydrogen (secondary N) is 1. The first-order valence-electron chi connectivity index (χ1n) is 7.21. The van der Waals surface area contributed by atoms with Crippen LogP contribution in [-0.4, -0.2) is 36.0 Å². The van der Waals surface area contributed by atoms with Gasteiger partial charge in [0.1, 0.15) is 11.4 Å². The molecule has 1 aliphatic heterocycles. The molecule has 0 saturated carbocycles. The number of likely N-dealkylation sites (tertiary alicyclic amines) is 1. The third-order valence-electron chi connectivity index (χ3n) is 4.07. The Kier molecular flexibility index (Phi) is 4.92. The molecular weight excluding hydrogens is 269 g/mol. The number of halogens is 1. The van der Waals surface area contributed by atoms with Crippen molar-refractivity contribution in [3.63, 3.8) is 0 Å². The summed E-state index contributed by atoms with van der Waals surface area (Å²) >= 11 is 0. The third kappa shape index (κ3) is 4.02. The van der Waals surface area contributed by atoms with E-state index in [1.807, 2.05) is 0 Å². The van der Waals surface area contributed by atoms with Crippen LogP contribution in [0.4, 0.5) is 4.39 Å². The average molecular weight is 289 g/mol. The Hall–Kier alpha value is -1.93. The largest absolute Gasteiger partial charge is 0.343 e. The minimum Gasteiger partial charge on any atom is -0.343 e. The van der Waals surface area contributed by atoms with Gasteiger partial charge in [-0.15, -0.1) is 0 Å².